The number of hydrogen-bond donors (Lipinski definition) is 2. The van der Waals surface area contributed by atoms with Gasteiger partial charge in [0.2, 0.25) is 0 Å². The second-order valence-electron chi connectivity index (χ2n) is 15.1. The molecule has 1 fully saturated rings. The predicted octanol–water partition coefficient (Wildman–Crippen LogP) is 4.15. The third kappa shape index (κ3) is 9.60. The minimum atomic E-state index is -3.12. The first-order valence-corrected chi connectivity index (χ1v) is 20.0. The molecule has 5 unspecified atom stereocenters. The highest BCUT2D eigenvalue weighted by Crippen LogP contribution is 2.42. The predicted molar refractivity (Wildman–Crippen MR) is 206 cm³/mol. The lowest BCUT2D eigenvalue weighted by Gasteiger charge is -2.43. The lowest BCUT2D eigenvalue weighted by molar-refractivity contribution is -0.167. The summed E-state index contributed by atoms with van der Waals surface area (Å²) in [6.45, 7) is 13.4. The molecule has 1 aliphatic rings. The molecular formula is C39H55N5O8Si. The number of benzene rings is 2. The summed E-state index contributed by atoms with van der Waals surface area (Å²) in [5.41, 5.74) is -2.68. The highest BCUT2D eigenvalue weighted by Gasteiger charge is 2.58. The summed E-state index contributed by atoms with van der Waals surface area (Å²) in [6.07, 6.45) is -0.000805. The molecule has 1 aromatic heterocycles. The van der Waals surface area contributed by atoms with E-state index >= 15 is 0 Å². The van der Waals surface area contributed by atoms with Crippen LogP contribution in [0.5, 0.6) is 0 Å². The molecule has 0 radical (unpaired) electrons. The van der Waals surface area contributed by atoms with Crippen LogP contribution in [0.15, 0.2) is 82.7 Å². The Labute approximate surface area is 313 Å². The number of aliphatic hydroxyl groups is 1. The molecule has 288 valence electrons. The van der Waals surface area contributed by atoms with Crippen LogP contribution >= 0.6 is 0 Å². The van der Waals surface area contributed by atoms with E-state index in [4.69, 9.17) is 18.6 Å². The SMILES string of the molecule is CCCCOC(=O)NC(C(=O)OC1C(CO[Si](c2ccccc2)(c2ccccc2)C(C)(C)C)OC(n2ccc(/N=C/N(C)C)nc2=O)C1(C)O)C(C)C. The molecule has 14 heteroatoms. The number of amides is 1. The van der Waals surface area contributed by atoms with Gasteiger partial charge in [0.05, 0.1) is 19.6 Å². The molecule has 1 amide bonds. The summed E-state index contributed by atoms with van der Waals surface area (Å²) in [4.78, 5) is 50.0. The zero-order valence-electron chi connectivity index (χ0n) is 32.3. The van der Waals surface area contributed by atoms with Crippen LogP contribution in [0.3, 0.4) is 0 Å². The summed E-state index contributed by atoms with van der Waals surface area (Å²) >= 11 is 0. The van der Waals surface area contributed by atoms with Crippen molar-refractivity contribution in [3.63, 3.8) is 0 Å². The molecule has 13 nitrogen and oxygen atoms in total. The lowest BCUT2D eigenvalue weighted by Crippen LogP contribution is -2.67. The Bertz CT molecular complexity index is 1700. The molecule has 2 N–H and O–H groups in total. The largest absolute Gasteiger partial charge is 0.455 e. The number of carbonyl (C=O) groups excluding carboxylic acids is 2. The molecule has 1 aliphatic heterocycles. The van der Waals surface area contributed by atoms with Crippen LogP contribution in [0.4, 0.5) is 10.6 Å². The van der Waals surface area contributed by atoms with E-state index in [1.54, 1.807) is 32.8 Å². The van der Waals surface area contributed by atoms with E-state index in [0.29, 0.717) is 6.42 Å². The molecule has 0 bridgehead atoms. The number of ether oxygens (including phenoxy) is 3. The smallest absolute Gasteiger partial charge is 0.407 e. The van der Waals surface area contributed by atoms with Crippen molar-refractivity contribution in [2.24, 2.45) is 10.9 Å². The van der Waals surface area contributed by atoms with Gasteiger partial charge in [-0.2, -0.15) is 4.98 Å². The average Bonchev–Trinajstić information content (AvgIpc) is 3.35. The van der Waals surface area contributed by atoms with E-state index in [2.05, 4.69) is 60.3 Å². The van der Waals surface area contributed by atoms with E-state index < -0.39 is 67.1 Å². The molecule has 0 aliphatic carbocycles. The van der Waals surface area contributed by atoms with Gasteiger partial charge in [-0.05, 0) is 40.7 Å². The number of aromatic nitrogens is 2. The van der Waals surface area contributed by atoms with Crippen molar-refractivity contribution in [2.45, 2.75) is 96.4 Å². The van der Waals surface area contributed by atoms with Gasteiger partial charge in [-0.15, -0.1) is 0 Å². The molecule has 5 atom stereocenters. The minimum Gasteiger partial charge on any atom is -0.455 e. The molecule has 1 saturated heterocycles. The second-order valence-corrected chi connectivity index (χ2v) is 19.4. The van der Waals surface area contributed by atoms with Crippen molar-refractivity contribution in [3.05, 3.63) is 83.4 Å². The van der Waals surface area contributed by atoms with E-state index in [-0.39, 0.29) is 19.0 Å². The first-order valence-electron chi connectivity index (χ1n) is 18.1. The van der Waals surface area contributed by atoms with Gasteiger partial charge in [-0.1, -0.05) is 109 Å². The number of alkyl carbamates (subject to hydrolysis) is 1. The number of rotatable bonds is 15. The zero-order chi connectivity index (χ0) is 39.0. The summed E-state index contributed by atoms with van der Waals surface area (Å²) in [6, 6.07) is 20.5. The number of unbranched alkanes of at least 4 members (excludes halogenated alkanes) is 1. The number of carbonyl (C=O) groups is 2. The third-order valence-corrected chi connectivity index (χ3v) is 14.3. The van der Waals surface area contributed by atoms with Crippen molar-refractivity contribution >= 4 is 42.9 Å². The van der Waals surface area contributed by atoms with Crippen LogP contribution in [0, 0.1) is 5.92 Å². The van der Waals surface area contributed by atoms with E-state index in [1.807, 2.05) is 43.3 Å². The van der Waals surface area contributed by atoms with E-state index in [0.717, 1.165) is 21.4 Å². The molecule has 4 rings (SSSR count). The Morgan fingerprint density at radius 1 is 1.09 bits per heavy atom. The van der Waals surface area contributed by atoms with Gasteiger partial charge in [0.1, 0.15) is 17.7 Å². The maximum atomic E-state index is 13.9. The molecule has 2 heterocycles. The lowest BCUT2D eigenvalue weighted by atomic mass is 9.95. The highest BCUT2D eigenvalue weighted by atomic mass is 28.4. The Balaban J connectivity index is 1.76. The number of aliphatic imine (C=N–C) groups is 1. The Morgan fingerprint density at radius 3 is 2.21 bits per heavy atom. The normalized spacial score (nSPS) is 21.1. The quantitative estimate of drug-likeness (QED) is 0.0762. The van der Waals surface area contributed by atoms with Crippen LogP contribution in [0.1, 0.15) is 67.5 Å². The molecule has 53 heavy (non-hydrogen) atoms. The monoisotopic (exact) mass is 749 g/mol. The molecule has 2 aromatic carbocycles. The van der Waals surface area contributed by atoms with Crippen molar-refractivity contribution < 1.29 is 33.3 Å². The molecular weight excluding hydrogens is 695 g/mol. The van der Waals surface area contributed by atoms with Crippen LogP contribution in [0.2, 0.25) is 5.04 Å². The topological polar surface area (TPSA) is 154 Å². The minimum absolute atomic E-state index is 0.107. The van der Waals surface area contributed by atoms with Crippen molar-refractivity contribution in [1.29, 1.82) is 0 Å². The van der Waals surface area contributed by atoms with Crippen LogP contribution in [-0.4, -0.2) is 97.4 Å². The van der Waals surface area contributed by atoms with Gasteiger partial charge < -0.3 is 34.0 Å². The zero-order valence-corrected chi connectivity index (χ0v) is 33.3. The number of esters is 1. The Hall–Kier alpha value is -4.37. The average molecular weight is 750 g/mol. The number of nitrogens with zero attached hydrogens (tertiary/aromatic N) is 4. The van der Waals surface area contributed by atoms with Crippen molar-refractivity contribution in [3.8, 4) is 0 Å². The van der Waals surface area contributed by atoms with Gasteiger partial charge in [0.25, 0.3) is 8.32 Å². The highest BCUT2D eigenvalue weighted by molar-refractivity contribution is 6.99. The van der Waals surface area contributed by atoms with Crippen molar-refractivity contribution in [1.82, 2.24) is 19.8 Å². The standard InChI is InChI=1S/C39H55N5O8Si/c1-10-11-24-49-37(47)42-32(27(2)3)34(45)52-33-30(51-35(39(33,7)48)44-23-22-31(41-36(44)46)40-26-43(8)9)25-50-53(38(4,5)6,28-18-14-12-15-19-28)29-20-16-13-17-21-29/h12-23,26-27,30,32-33,35,48H,10-11,24-25H2,1-9H3,(H,42,47)/b40-26+. The Morgan fingerprint density at radius 2 is 1.70 bits per heavy atom. The summed E-state index contributed by atoms with van der Waals surface area (Å²) in [7, 11) is 0.457. The molecule has 0 spiro atoms. The maximum absolute atomic E-state index is 13.9. The van der Waals surface area contributed by atoms with E-state index in [9.17, 15) is 19.5 Å². The van der Waals surface area contributed by atoms with E-state index in [1.165, 1.54) is 25.5 Å². The first kappa shape index (κ1) is 41.4. The number of hydrogen-bond acceptors (Lipinski definition) is 10. The number of nitrogens with one attached hydrogen (secondary N) is 1. The first-order chi connectivity index (χ1) is 25.0. The van der Waals surface area contributed by atoms with Gasteiger partial charge in [0, 0.05) is 20.3 Å². The Kier molecular flexibility index (Phi) is 13.8. The van der Waals surface area contributed by atoms with Crippen LogP contribution in [0.25, 0.3) is 0 Å². The van der Waals surface area contributed by atoms with Gasteiger partial charge in [-0.25, -0.2) is 19.4 Å². The summed E-state index contributed by atoms with van der Waals surface area (Å²) in [5.74, 6) is -1.02. The fourth-order valence-electron chi connectivity index (χ4n) is 6.53. The van der Waals surface area contributed by atoms with Gasteiger partial charge in [-0.3, -0.25) is 4.57 Å². The molecule has 0 saturated carbocycles. The summed E-state index contributed by atoms with van der Waals surface area (Å²) in [5, 5.41) is 16.5. The van der Waals surface area contributed by atoms with Crippen molar-refractivity contribution in [2.75, 3.05) is 27.3 Å². The fraction of sp³-hybridized carbons (Fsp3) is 0.513. The van der Waals surface area contributed by atoms with Gasteiger partial charge in [0.15, 0.2) is 18.1 Å². The fourth-order valence-corrected chi connectivity index (χ4v) is 11.1. The third-order valence-electron chi connectivity index (χ3n) is 9.26. The molecule has 3 aromatic rings. The van der Waals surface area contributed by atoms with Crippen LogP contribution in [-0.2, 0) is 23.4 Å². The maximum Gasteiger partial charge on any atom is 0.407 e. The summed E-state index contributed by atoms with van der Waals surface area (Å²) < 4.78 is 26.2. The second kappa shape index (κ2) is 17.6. The van der Waals surface area contributed by atoms with Crippen LogP contribution < -0.4 is 21.4 Å². The van der Waals surface area contributed by atoms with Gasteiger partial charge >= 0.3 is 17.8 Å².